The lowest BCUT2D eigenvalue weighted by Crippen LogP contribution is -2.49. The highest BCUT2D eigenvalue weighted by Gasteiger charge is 2.29. The number of amides is 3. The number of hydrogen-bond donors (Lipinski definition) is 2. The van der Waals surface area contributed by atoms with Gasteiger partial charge < -0.3 is 11.1 Å². The van der Waals surface area contributed by atoms with Crippen molar-refractivity contribution in [1.82, 2.24) is 10.2 Å². The number of hydrogen-bond acceptors (Lipinski definition) is 4. The Morgan fingerprint density at radius 1 is 1.25 bits per heavy atom. The lowest BCUT2D eigenvalue weighted by atomic mass is 9.94. The van der Waals surface area contributed by atoms with Crippen LogP contribution in [0.3, 0.4) is 0 Å². The summed E-state index contributed by atoms with van der Waals surface area (Å²) in [4.78, 5) is 35.6. The molecule has 1 aliphatic heterocycles. The molecule has 6 nitrogen and oxygen atoms in total. The van der Waals surface area contributed by atoms with E-state index in [2.05, 4.69) is 5.32 Å². The minimum atomic E-state index is -0.380. The Bertz CT molecular complexity index is 354. The first-order valence-electron chi connectivity index (χ1n) is 6.80. The van der Waals surface area contributed by atoms with Crippen LogP contribution in [0.4, 0.5) is 0 Å². The summed E-state index contributed by atoms with van der Waals surface area (Å²) in [6, 6.07) is 0. The molecule has 3 N–H and O–H groups in total. The fourth-order valence-corrected chi connectivity index (χ4v) is 1.95. The van der Waals surface area contributed by atoms with Crippen LogP contribution in [0.2, 0.25) is 0 Å². The van der Waals surface area contributed by atoms with Crippen molar-refractivity contribution in [1.29, 1.82) is 0 Å². The van der Waals surface area contributed by atoms with Gasteiger partial charge in [0.25, 0.3) is 0 Å². The molecule has 0 aliphatic carbocycles. The predicted octanol–water partition coefficient (Wildman–Crippen LogP) is 0.581. The summed E-state index contributed by atoms with van der Waals surface area (Å²) in [5.74, 6) is -0.551. The van der Waals surface area contributed by atoms with Gasteiger partial charge >= 0.3 is 0 Å². The normalized spacial score (nSPS) is 15.2. The number of likely N-dealkylation sites (tertiary alicyclic amines) is 1. The van der Waals surface area contributed by atoms with Gasteiger partial charge in [0.05, 0.1) is 0 Å². The summed E-state index contributed by atoms with van der Waals surface area (Å²) in [6.07, 6.45) is 2.23. The first kappa shape index (κ1) is 18.9. The average molecular weight is 306 g/mol. The number of imide groups is 1. The number of nitrogens with two attached hydrogens (primary N) is 1. The van der Waals surface area contributed by atoms with Crippen LogP contribution in [0.15, 0.2) is 0 Å². The molecule has 1 saturated heterocycles. The molecular weight excluding hydrogens is 282 g/mol. The Hall–Kier alpha value is -1.14. The fraction of sp³-hybridized carbons (Fsp3) is 0.769. The maximum absolute atomic E-state index is 11.7. The molecule has 1 rings (SSSR count). The largest absolute Gasteiger partial charge is 0.354 e. The smallest absolute Gasteiger partial charge is 0.229 e. The molecule has 0 radical (unpaired) electrons. The van der Waals surface area contributed by atoms with Crippen molar-refractivity contribution >= 4 is 30.1 Å². The van der Waals surface area contributed by atoms with Gasteiger partial charge in [-0.2, -0.15) is 0 Å². The van der Waals surface area contributed by atoms with Crippen molar-refractivity contribution in [2.24, 2.45) is 5.73 Å². The molecule has 7 heteroatoms. The van der Waals surface area contributed by atoms with Gasteiger partial charge in [0, 0.05) is 37.9 Å². The minimum Gasteiger partial charge on any atom is -0.354 e. The molecule has 3 amide bonds. The number of nitrogens with zero attached hydrogens (tertiary/aromatic N) is 1. The first-order valence-corrected chi connectivity index (χ1v) is 6.80. The highest BCUT2D eigenvalue weighted by Crippen LogP contribution is 2.12. The topological polar surface area (TPSA) is 92.5 Å². The third-order valence-electron chi connectivity index (χ3n) is 3.76. The summed E-state index contributed by atoms with van der Waals surface area (Å²) in [5, 5.41) is 2.77. The van der Waals surface area contributed by atoms with E-state index in [9.17, 15) is 14.4 Å². The van der Waals surface area contributed by atoms with Crippen molar-refractivity contribution in [3.05, 3.63) is 0 Å². The molecule has 1 fully saturated rings. The van der Waals surface area contributed by atoms with Crippen LogP contribution < -0.4 is 11.1 Å². The van der Waals surface area contributed by atoms with Crippen molar-refractivity contribution in [3.8, 4) is 0 Å². The Balaban J connectivity index is 0.00000361. The summed E-state index contributed by atoms with van der Waals surface area (Å²) < 4.78 is 0. The van der Waals surface area contributed by atoms with E-state index in [-0.39, 0.29) is 61.5 Å². The van der Waals surface area contributed by atoms with Gasteiger partial charge in [0.1, 0.15) is 0 Å². The highest BCUT2D eigenvalue weighted by molar-refractivity contribution is 6.02. The zero-order valence-corrected chi connectivity index (χ0v) is 12.9. The first-order chi connectivity index (χ1) is 8.91. The van der Waals surface area contributed by atoms with Gasteiger partial charge in [-0.25, -0.2) is 0 Å². The zero-order valence-electron chi connectivity index (χ0n) is 12.1. The van der Waals surface area contributed by atoms with Gasteiger partial charge in [-0.15, -0.1) is 12.4 Å². The molecule has 116 valence electrons. The van der Waals surface area contributed by atoms with Crippen LogP contribution in [0.25, 0.3) is 0 Å². The lowest BCUT2D eigenvalue weighted by molar-refractivity contribution is -0.138. The minimum absolute atomic E-state index is 0. The summed E-state index contributed by atoms with van der Waals surface area (Å²) >= 11 is 0. The van der Waals surface area contributed by atoms with E-state index in [0.29, 0.717) is 6.54 Å². The van der Waals surface area contributed by atoms with Crippen molar-refractivity contribution < 1.29 is 14.4 Å². The summed E-state index contributed by atoms with van der Waals surface area (Å²) in [5.41, 5.74) is 5.69. The second kappa shape index (κ2) is 8.21. The molecule has 1 heterocycles. The molecule has 0 saturated carbocycles. The van der Waals surface area contributed by atoms with Crippen LogP contribution in [-0.2, 0) is 14.4 Å². The molecular formula is C13H24ClN3O3. The number of rotatable bonds is 7. The van der Waals surface area contributed by atoms with E-state index < -0.39 is 0 Å². The second-order valence-electron chi connectivity index (χ2n) is 5.04. The van der Waals surface area contributed by atoms with E-state index in [1.807, 2.05) is 13.8 Å². The van der Waals surface area contributed by atoms with E-state index >= 15 is 0 Å². The Morgan fingerprint density at radius 2 is 1.75 bits per heavy atom. The fourth-order valence-electron chi connectivity index (χ4n) is 1.95. The third-order valence-corrected chi connectivity index (χ3v) is 3.76. The van der Waals surface area contributed by atoms with Crippen molar-refractivity contribution in [2.75, 3.05) is 13.1 Å². The quantitative estimate of drug-likeness (QED) is 0.673. The third kappa shape index (κ3) is 5.09. The number of carbonyl (C=O) groups excluding carboxylic acids is 3. The molecule has 0 atom stereocenters. The van der Waals surface area contributed by atoms with E-state index in [0.717, 1.165) is 17.7 Å². The van der Waals surface area contributed by atoms with Crippen LogP contribution in [0.1, 0.15) is 46.0 Å². The Kier molecular flexibility index (Phi) is 7.75. The predicted molar refractivity (Wildman–Crippen MR) is 78.3 cm³/mol. The standard InChI is InChI=1S/C13H23N3O3.ClH/c1-3-13(14,4-2)9-15-10(17)7-8-16-11(18)5-6-12(16)19;/h3-9,14H2,1-2H3,(H,15,17);1H. The van der Waals surface area contributed by atoms with Crippen LogP contribution in [0, 0.1) is 0 Å². The van der Waals surface area contributed by atoms with Crippen LogP contribution >= 0.6 is 12.4 Å². The molecule has 0 bridgehead atoms. The maximum Gasteiger partial charge on any atom is 0.229 e. The van der Waals surface area contributed by atoms with Gasteiger partial charge in [-0.1, -0.05) is 13.8 Å². The molecule has 0 unspecified atom stereocenters. The molecule has 0 aromatic carbocycles. The molecule has 0 aromatic rings. The monoisotopic (exact) mass is 305 g/mol. The summed E-state index contributed by atoms with van der Waals surface area (Å²) in [7, 11) is 0. The average Bonchev–Trinajstić information content (AvgIpc) is 2.73. The van der Waals surface area contributed by atoms with Gasteiger partial charge in [-0.05, 0) is 12.8 Å². The Morgan fingerprint density at radius 3 is 2.20 bits per heavy atom. The lowest BCUT2D eigenvalue weighted by Gasteiger charge is -2.27. The van der Waals surface area contributed by atoms with Gasteiger partial charge in [-0.3, -0.25) is 19.3 Å². The zero-order chi connectivity index (χ0) is 14.5. The van der Waals surface area contributed by atoms with Crippen molar-refractivity contribution in [2.45, 2.75) is 51.5 Å². The SMILES string of the molecule is CCC(N)(CC)CNC(=O)CCN1C(=O)CCC1=O.Cl. The highest BCUT2D eigenvalue weighted by atomic mass is 35.5. The van der Waals surface area contributed by atoms with Crippen LogP contribution in [-0.4, -0.2) is 41.2 Å². The number of nitrogens with one attached hydrogen (secondary N) is 1. The number of halogens is 1. The molecule has 20 heavy (non-hydrogen) atoms. The van der Waals surface area contributed by atoms with E-state index in [1.165, 1.54) is 0 Å². The van der Waals surface area contributed by atoms with E-state index in [4.69, 9.17) is 5.73 Å². The molecule has 0 spiro atoms. The maximum atomic E-state index is 11.7. The Labute approximate surface area is 125 Å². The number of carbonyl (C=O) groups is 3. The van der Waals surface area contributed by atoms with Gasteiger partial charge in [0.15, 0.2) is 0 Å². The second-order valence-corrected chi connectivity index (χ2v) is 5.04. The van der Waals surface area contributed by atoms with Gasteiger partial charge in [0.2, 0.25) is 17.7 Å². The molecule has 1 aliphatic rings. The van der Waals surface area contributed by atoms with Crippen molar-refractivity contribution in [3.63, 3.8) is 0 Å². The van der Waals surface area contributed by atoms with Crippen LogP contribution in [0.5, 0.6) is 0 Å². The van der Waals surface area contributed by atoms with E-state index in [1.54, 1.807) is 0 Å². The molecule has 0 aromatic heterocycles. The summed E-state index contributed by atoms with van der Waals surface area (Å²) in [6.45, 7) is 4.55.